The largest absolute Gasteiger partial charge is 0.145 e. The summed E-state index contributed by atoms with van der Waals surface area (Å²) in [6.45, 7) is 0. The zero-order valence-electron chi connectivity index (χ0n) is 12.0. The molecule has 0 aromatic rings. The molecule has 0 heterocycles. The molecule has 1 rings (SSSR count). The third-order valence-electron chi connectivity index (χ3n) is 4.06. The van der Waals surface area contributed by atoms with Gasteiger partial charge in [-0.25, -0.2) is 0 Å². The van der Waals surface area contributed by atoms with Crippen molar-refractivity contribution in [2.75, 3.05) is 0 Å². The Labute approximate surface area is 113 Å². The van der Waals surface area contributed by atoms with E-state index in [1.807, 2.05) is 0 Å². The first-order valence-corrected chi connectivity index (χ1v) is 8.11. The first-order chi connectivity index (χ1) is 8.93. The van der Waals surface area contributed by atoms with Gasteiger partial charge in [0, 0.05) is 0 Å². The fourth-order valence-electron chi connectivity index (χ4n) is 2.82. The van der Waals surface area contributed by atoms with Crippen LogP contribution in [0.15, 0.2) is 5.16 Å². The Balaban J connectivity index is 2.19. The maximum Gasteiger partial charge on any atom is 0.0624 e. The Morgan fingerprint density at radius 3 is 1.06 bits per heavy atom. The van der Waals surface area contributed by atoms with Gasteiger partial charge in [-0.3, -0.25) is 0 Å². The minimum Gasteiger partial charge on any atom is -0.145 e. The van der Waals surface area contributed by atoms with E-state index in [1.54, 1.807) is 0 Å². The summed E-state index contributed by atoms with van der Waals surface area (Å²) < 4.78 is 0. The van der Waals surface area contributed by atoms with Gasteiger partial charge in [-0.15, -0.1) is 5.21 Å². The van der Waals surface area contributed by atoms with Crippen LogP contribution in [0.5, 0.6) is 0 Å². The van der Waals surface area contributed by atoms with Crippen LogP contribution in [-0.4, -0.2) is 5.71 Å². The molecule has 1 fully saturated rings. The Morgan fingerprint density at radius 2 is 0.778 bits per heavy atom. The van der Waals surface area contributed by atoms with Crippen molar-refractivity contribution in [1.29, 1.82) is 0 Å². The average Bonchev–Trinajstić information content (AvgIpc) is 2.39. The minimum atomic E-state index is 0.919. The van der Waals surface area contributed by atoms with Gasteiger partial charge < -0.3 is 0 Å². The highest BCUT2D eigenvalue weighted by Gasteiger charge is 2.02. The summed E-state index contributed by atoms with van der Waals surface area (Å²) in [7, 11) is 0. The van der Waals surface area contributed by atoms with Crippen molar-refractivity contribution in [2.24, 2.45) is 5.16 Å². The fraction of sp³-hybridized carbons (Fsp3) is 0.938. The van der Waals surface area contributed by atoms with E-state index in [-0.39, 0.29) is 0 Å². The molecule has 0 atom stereocenters. The third kappa shape index (κ3) is 8.54. The van der Waals surface area contributed by atoms with E-state index in [2.05, 4.69) is 5.16 Å². The Bertz CT molecular complexity index is 195. The van der Waals surface area contributed by atoms with Crippen LogP contribution in [0.4, 0.5) is 0 Å². The van der Waals surface area contributed by atoms with Crippen molar-refractivity contribution in [2.45, 2.75) is 96.3 Å². The average molecular weight is 252 g/mol. The lowest BCUT2D eigenvalue weighted by Gasteiger charge is -2.06. The van der Waals surface area contributed by atoms with E-state index < -0.39 is 0 Å². The quantitative estimate of drug-likeness (QED) is 0.500. The summed E-state index contributed by atoms with van der Waals surface area (Å²) in [6, 6.07) is 0. The van der Waals surface area contributed by atoms with Crippen LogP contribution in [0.1, 0.15) is 96.3 Å². The van der Waals surface area contributed by atoms with Gasteiger partial charge in [-0.2, -0.15) is 0 Å². The maximum atomic E-state index is 10.7. The van der Waals surface area contributed by atoms with Gasteiger partial charge in [-0.05, 0) is 30.8 Å². The standard InChI is InChI=1S/C16H30NO/c18-17-16-14-12-10-8-6-4-2-1-3-5-7-9-11-13-15-16/h1-15H2. The van der Waals surface area contributed by atoms with Crippen molar-refractivity contribution < 1.29 is 5.21 Å². The van der Waals surface area contributed by atoms with E-state index >= 15 is 0 Å². The maximum absolute atomic E-state index is 10.7. The monoisotopic (exact) mass is 252 g/mol. The van der Waals surface area contributed by atoms with Crippen molar-refractivity contribution in [3.05, 3.63) is 0 Å². The summed E-state index contributed by atoms with van der Waals surface area (Å²) >= 11 is 0. The predicted molar refractivity (Wildman–Crippen MR) is 77.4 cm³/mol. The molecule has 0 aromatic carbocycles. The molecule has 0 aliphatic heterocycles. The summed E-state index contributed by atoms with van der Waals surface area (Å²) in [5.41, 5.74) is 0.919. The molecule has 0 amide bonds. The first-order valence-electron chi connectivity index (χ1n) is 8.11. The van der Waals surface area contributed by atoms with Crippen LogP contribution in [0.2, 0.25) is 0 Å². The number of hydrogen-bond acceptors (Lipinski definition) is 1. The van der Waals surface area contributed by atoms with Crippen molar-refractivity contribution in [3.8, 4) is 0 Å². The van der Waals surface area contributed by atoms with E-state index in [9.17, 15) is 5.21 Å². The molecule has 1 saturated carbocycles. The van der Waals surface area contributed by atoms with Crippen LogP contribution in [0.25, 0.3) is 0 Å². The molecule has 1 aliphatic carbocycles. The van der Waals surface area contributed by atoms with Crippen LogP contribution in [-0.2, 0) is 5.21 Å². The van der Waals surface area contributed by atoms with E-state index in [0.717, 1.165) is 18.6 Å². The summed E-state index contributed by atoms with van der Waals surface area (Å²) in [5.74, 6) is 0. The highest BCUT2D eigenvalue weighted by molar-refractivity contribution is 5.83. The molecule has 0 spiro atoms. The first kappa shape index (κ1) is 15.5. The van der Waals surface area contributed by atoms with Crippen molar-refractivity contribution in [1.82, 2.24) is 0 Å². The number of nitrogens with zero attached hydrogens (tertiary/aromatic N) is 1. The van der Waals surface area contributed by atoms with Gasteiger partial charge in [-0.1, -0.05) is 70.6 Å². The molecular weight excluding hydrogens is 222 g/mol. The summed E-state index contributed by atoms with van der Waals surface area (Å²) in [6.07, 6.45) is 19.3. The SMILES string of the molecule is [O]N=C1CCCCCCCCCCCCCCC1. The summed E-state index contributed by atoms with van der Waals surface area (Å²) in [4.78, 5) is 0. The Hall–Kier alpha value is -0.530. The molecule has 0 bridgehead atoms. The van der Waals surface area contributed by atoms with Crippen molar-refractivity contribution >= 4 is 5.71 Å². The second-order valence-electron chi connectivity index (χ2n) is 5.75. The molecule has 0 N–H and O–H groups in total. The second kappa shape index (κ2) is 11.6. The number of hydrogen-bond donors (Lipinski definition) is 0. The lowest BCUT2D eigenvalue weighted by molar-refractivity contribution is 0.207. The van der Waals surface area contributed by atoms with Gasteiger partial charge >= 0.3 is 0 Å². The molecule has 18 heavy (non-hydrogen) atoms. The minimum absolute atomic E-state index is 0.919. The zero-order chi connectivity index (χ0) is 12.9. The van der Waals surface area contributed by atoms with Crippen LogP contribution in [0, 0.1) is 0 Å². The summed E-state index contributed by atoms with van der Waals surface area (Å²) in [5, 5.41) is 13.9. The van der Waals surface area contributed by atoms with E-state index in [0.29, 0.717) is 0 Å². The van der Waals surface area contributed by atoms with Gasteiger partial charge in [0.25, 0.3) is 0 Å². The highest BCUT2D eigenvalue weighted by Crippen LogP contribution is 2.15. The molecule has 1 radical (unpaired) electrons. The molecule has 2 nitrogen and oxygen atoms in total. The lowest BCUT2D eigenvalue weighted by atomic mass is 10.0. The highest BCUT2D eigenvalue weighted by atomic mass is 16.4. The van der Waals surface area contributed by atoms with Crippen LogP contribution < -0.4 is 0 Å². The van der Waals surface area contributed by atoms with Crippen LogP contribution >= 0.6 is 0 Å². The molecule has 0 unspecified atom stereocenters. The molecule has 0 aromatic heterocycles. The second-order valence-corrected chi connectivity index (χ2v) is 5.75. The Kier molecular flexibility index (Phi) is 9.97. The topological polar surface area (TPSA) is 32.3 Å². The van der Waals surface area contributed by atoms with Gasteiger partial charge in [0.2, 0.25) is 0 Å². The third-order valence-corrected chi connectivity index (χ3v) is 4.06. The van der Waals surface area contributed by atoms with E-state index in [1.165, 1.54) is 83.5 Å². The normalized spacial score (nSPS) is 22.6. The van der Waals surface area contributed by atoms with Gasteiger partial charge in [0.05, 0.1) is 5.71 Å². The molecule has 0 saturated heterocycles. The Morgan fingerprint density at radius 1 is 0.500 bits per heavy atom. The number of rotatable bonds is 0. The smallest absolute Gasteiger partial charge is 0.0624 e. The van der Waals surface area contributed by atoms with Crippen LogP contribution in [0.3, 0.4) is 0 Å². The van der Waals surface area contributed by atoms with Gasteiger partial charge in [0.1, 0.15) is 0 Å². The van der Waals surface area contributed by atoms with Crippen molar-refractivity contribution in [3.63, 3.8) is 0 Å². The van der Waals surface area contributed by atoms with E-state index in [4.69, 9.17) is 0 Å². The molecule has 1 aliphatic rings. The van der Waals surface area contributed by atoms with Gasteiger partial charge in [0.15, 0.2) is 0 Å². The zero-order valence-corrected chi connectivity index (χ0v) is 12.0. The predicted octanol–water partition coefficient (Wildman–Crippen LogP) is 5.64. The molecular formula is C16H30NO. The fourth-order valence-corrected chi connectivity index (χ4v) is 2.82. The molecule has 2 heteroatoms. The molecule has 105 valence electrons. The lowest BCUT2D eigenvalue weighted by Crippen LogP contribution is -1.98.